The van der Waals surface area contributed by atoms with Crippen molar-refractivity contribution >= 4 is 60.6 Å². The number of urea groups is 2. The van der Waals surface area contributed by atoms with Gasteiger partial charge in [-0.3, -0.25) is 0 Å². The van der Waals surface area contributed by atoms with Crippen molar-refractivity contribution < 1.29 is 9.59 Å². The topological polar surface area (TPSA) is 85.7 Å². The van der Waals surface area contributed by atoms with Crippen LogP contribution in [0.15, 0.2) is 75.7 Å². The van der Waals surface area contributed by atoms with Gasteiger partial charge in [0.05, 0.1) is 17.1 Å². The van der Waals surface area contributed by atoms with Gasteiger partial charge in [-0.15, -0.1) is 0 Å². The van der Waals surface area contributed by atoms with Crippen LogP contribution >= 0.6 is 31.9 Å². The highest BCUT2D eigenvalue weighted by atomic mass is 79.9. The van der Waals surface area contributed by atoms with Crippen LogP contribution < -0.4 is 10.6 Å². The summed E-state index contributed by atoms with van der Waals surface area (Å²) in [4.78, 5) is 38.2. The van der Waals surface area contributed by atoms with Crippen LogP contribution in [0.2, 0.25) is 0 Å². The van der Waals surface area contributed by atoms with Crippen LogP contribution in [0.5, 0.6) is 0 Å². The second kappa shape index (κ2) is 14.6. The second-order valence-electron chi connectivity index (χ2n) is 12.5. The van der Waals surface area contributed by atoms with Gasteiger partial charge in [-0.2, -0.15) is 0 Å². The highest BCUT2D eigenvalue weighted by molar-refractivity contribution is 9.13. The largest absolute Gasteiger partial charge is 0.328 e. The number of carbonyl (C=O) groups excluding carboxylic acids is 2. The molecule has 0 saturated carbocycles. The molecule has 4 amide bonds. The Bertz CT molecular complexity index is 1700. The number of imidazole rings is 1. The summed E-state index contributed by atoms with van der Waals surface area (Å²) in [7, 11) is 4.17. The molecule has 1 unspecified atom stereocenters. The van der Waals surface area contributed by atoms with Gasteiger partial charge in [0.1, 0.15) is 5.82 Å². The Balaban J connectivity index is 1.19. The highest BCUT2D eigenvalue weighted by Crippen LogP contribution is 2.29. The first-order valence-electron chi connectivity index (χ1n) is 16.0. The number of aromatic nitrogens is 2. The van der Waals surface area contributed by atoms with E-state index in [0.29, 0.717) is 26.1 Å². The van der Waals surface area contributed by atoms with E-state index in [0.717, 1.165) is 81.4 Å². The number of anilines is 1. The van der Waals surface area contributed by atoms with Crippen LogP contribution in [0.1, 0.15) is 42.3 Å². The van der Waals surface area contributed by atoms with E-state index in [1.807, 2.05) is 52.3 Å². The fourth-order valence-electron chi connectivity index (χ4n) is 6.61. The average molecular weight is 752 g/mol. The standard InChI is InChI=1S/C35H41Br2N7O2/c1-41(2)17-7-18-44-32-11-6-5-10-30(32)38-33(44)31(23-24-12-13-27(36)28(37)22-24)40-34(45)42-19-15-26(16-20-42)43-21-14-25-8-3-4-9-29(25)39-35(43)46/h3-6,8-13,22,26,31H,7,14-21,23H2,1-2H3,(H,39,46)(H,40,45). The quantitative estimate of drug-likeness (QED) is 0.192. The van der Waals surface area contributed by atoms with E-state index in [9.17, 15) is 9.59 Å². The van der Waals surface area contributed by atoms with E-state index >= 15 is 0 Å². The lowest BCUT2D eigenvalue weighted by molar-refractivity contribution is 0.133. The molecule has 3 heterocycles. The minimum absolute atomic E-state index is 0.0539. The molecule has 242 valence electrons. The van der Waals surface area contributed by atoms with Gasteiger partial charge in [0.25, 0.3) is 0 Å². The maximum Gasteiger partial charge on any atom is 0.322 e. The van der Waals surface area contributed by atoms with Crippen LogP contribution in [0.3, 0.4) is 0 Å². The molecule has 2 aliphatic rings. The predicted molar refractivity (Wildman–Crippen MR) is 190 cm³/mol. The number of para-hydroxylation sites is 3. The first kappa shape index (κ1) is 32.5. The summed E-state index contributed by atoms with van der Waals surface area (Å²) in [6.07, 6.45) is 3.86. The van der Waals surface area contributed by atoms with Crippen molar-refractivity contribution in [2.75, 3.05) is 45.6 Å². The molecule has 11 heteroatoms. The number of rotatable bonds is 9. The van der Waals surface area contributed by atoms with E-state index in [2.05, 4.69) is 90.3 Å². The van der Waals surface area contributed by atoms with Gasteiger partial charge in [0.2, 0.25) is 0 Å². The van der Waals surface area contributed by atoms with E-state index in [-0.39, 0.29) is 24.1 Å². The van der Waals surface area contributed by atoms with Crippen LogP contribution in [-0.2, 0) is 19.4 Å². The minimum atomic E-state index is -0.333. The molecule has 3 aromatic carbocycles. The van der Waals surface area contributed by atoms with Gasteiger partial charge in [-0.05, 0) is 126 Å². The van der Waals surface area contributed by atoms with Crippen LogP contribution in [-0.4, -0.2) is 82.6 Å². The zero-order valence-corrected chi connectivity index (χ0v) is 29.6. The highest BCUT2D eigenvalue weighted by Gasteiger charge is 2.32. The monoisotopic (exact) mass is 749 g/mol. The van der Waals surface area contributed by atoms with Crippen molar-refractivity contribution in [2.45, 2.75) is 50.7 Å². The third kappa shape index (κ3) is 7.42. The number of carbonyl (C=O) groups is 2. The third-order valence-electron chi connectivity index (χ3n) is 9.04. The summed E-state index contributed by atoms with van der Waals surface area (Å²) < 4.78 is 4.23. The normalized spacial score (nSPS) is 16.3. The number of amides is 4. The summed E-state index contributed by atoms with van der Waals surface area (Å²) in [5.41, 5.74) is 5.15. The van der Waals surface area contributed by atoms with Gasteiger partial charge in [-0.25, -0.2) is 14.6 Å². The van der Waals surface area contributed by atoms with Gasteiger partial charge >= 0.3 is 12.1 Å². The Kier molecular flexibility index (Phi) is 10.3. The van der Waals surface area contributed by atoms with E-state index in [4.69, 9.17) is 4.98 Å². The number of aryl methyl sites for hydroxylation is 1. The zero-order chi connectivity index (χ0) is 32.2. The lowest BCUT2D eigenvalue weighted by Crippen LogP contribution is -2.52. The predicted octanol–water partition coefficient (Wildman–Crippen LogP) is 7.06. The number of hydrogen-bond donors (Lipinski definition) is 2. The first-order chi connectivity index (χ1) is 22.3. The number of fused-ring (bicyclic) bond motifs is 2. The summed E-state index contributed by atoms with van der Waals surface area (Å²) in [6, 6.07) is 22.0. The Morgan fingerprint density at radius 2 is 1.78 bits per heavy atom. The summed E-state index contributed by atoms with van der Waals surface area (Å²) in [5.74, 6) is 0.864. The molecule has 1 atom stereocenters. The molecule has 0 aliphatic carbocycles. The Morgan fingerprint density at radius 3 is 2.57 bits per heavy atom. The summed E-state index contributed by atoms with van der Waals surface area (Å²) in [6.45, 7) is 3.61. The molecular formula is C35H41Br2N7O2. The molecule has 2 N–H and O–H groups in total. The van der Waals surface area contributed by atoms with E-state index in [1.165, 1.54) is 0 Å². The van der Waals surface area contributed by atoms with Crippen LogP contribution in [0, 0.1) is 0 Å². The molecule has 1 saturated heterocycles. The molecule has 1 aromatic heterocycles. The lowest BCUT2D eigenvalue weighted by Gasteiger charge is -2.38. The summed E-state index contributed by atoms with van der Waals surface area (Å²) in [5, 5.41) is 6.48. The van der Waals surface area contributed by atoms with Crippen molar-refractivity contribution in [3.05, 3.63) is 92.6 Å². The molecule has 46 heavy (non-hydrogen) atoms. The van der Waals surface area contributed by atoms with Gasteiger partial charge in [0, 0.05) is 46.9 Å². The van der Waals surface area contributed by atoms with Crippen molar-refractivity contribution in [2.24, 2.45) is 0 Å². The molecule has 0 bridgehead atoms. The third-order valence-corrected chi connectivity index (χ3v) is 10.9. The fourth-order valence-corrected chi connectivity index (χ4v) is 7.28. The van der Waals surface area contributed by atoms with Gasteiger partial charge < -0.3 is 29.9 Å². The molecule has 6 rings (SSSR count). The fraction of sp³-hybridized carbons (Fsp3) is 0.400. The Hall–Kier alpha value is -3.41. The number of halogens is 2. The lowest BCUT2D eigenvalue weighted by atomic mass is 10.0. The van der Waals surface area contributed by atoms with Crippen LogP contribution in [0.25, 0.3) is 11.0 Å². The minimum Gasteiger partial charge on any atom is -0.328 e. The smallest absolute Gasteiger partial charge is 0.322 e. The average Bonchev–Trinajstić information content (AvgIpc) is 3.32. The molecule has 9 nitrogen and oxygen atoms in total. The number of nitrogens with one attached hydrogen (secondary N) is 2. The molecule has 2 aliphatic heterocycles. The van der Waals surface area contributed by atoms with Gasteiger partial charge in [-0.1, -0.05) is 36.4 Å². The van der Waals surface area contributed by atoms with Crippen LogP contribution in [0.4, 0.5) is 15.3 Å². The second-order valence-corrected chi connectivity index (χ2v) is 14.2. The van der Waals surface area contributed by atoms with Crippen molar-refractivity contribution in [3.8, 4) is 0 Å². The molecular weight excluding hydrogens is 710 g/mol. The van der Waals surface area contributed by atoms with E-state index in [1.54, 1.807) is 0 Å². The maximum atomic E-state index is 13.9. The molecule has 0 spiro atoms. The number of hydrogen-bond acceptors (Lipinski definition) is 4. The SMILES string of the molecule is CN(C)CCCn1c(C(Cc2ccc(Br)c(Br)c2)NC(=O)N2CCC(N3CCc4ccccc4NC3=O)CC2)nc2ccccc21. The summed E-state index contributed by atoms with van der Waals surface area (Å²) >= 11 is 7.24. The number of benzene rings is 3. The number of piperidine rings is 1. The first-order valence-corrected chi connectivity index (χ1v) is 17.6. The number of likely N-dealkylation sites (tertiary alicyclic amines) is 1. The number of nitrogens with zero attached hydrogens (tertiary/aromatic N) is 5. The molecule has 0 radical (unpaired) electrons. The maximum absolute atomic E-state index is 13.9. The van der Waals surface area contributed by atoms with Crippen molar-refractivity contribution in [3.63, 3.8) is 0 Å². The molecule has 1 fully saturated rings. The Morgan fingerprint density at radius 1 is 1.02 bits per heavy atom. The van der Waals surface area contributed by atoms with Crippen molar-refractivity contribution in [1.29, 1.82) is 0 Å². The zero-order valence-electron chi connectivity index (χ0n) is 26.4. The van der Waals surface area contributed by atoms with Gasteiger partial charge in [0.15, 0.2) is 0 Å². The van der Waals surface area contributed by atoms with E-state index < -0.39 is 0 Å². The molecule has 4 aromatic rings. The Labute approximate surface area is 287 Å². The van der Waals surface area contributed by atoms with Crippen molar-refractivity contribution in [1.82, 2.24) is 29.6 Å².